The van der Waals surface area contributed by atoms with E-state index < -0.39 is 6.09 Å². The lowest BCUT2D eigenvalue weighted by molar-refractivity contribution is 0.187. The van der Waals surface area contributed by atoms with Gasteiger partial charge in [0, 0.05) is 11.3 Å². The molecule has 4 N–H and O–H groups in total. The monoisotopic (exact) mass is 280 g/mol. The molecular formula is C12H13ClN4O2. The first-order chi connectivity index (χ1) is 9.13. The molecule has 0 atom stereocenters. The molecule has 2 aromatic rings. The molecule has 0 aliphatic rings. The van der Waals surface area contributed by atoms with Crippen molar-refractivity contribution < 1.29 is 9.53 Å². The minimum atomic E-state index is -0.518. The number of imidazole rings is 1. The van der Waals surface area contributed by atoms with E-state index in [1.807, 2.05) is 0 Å². The predicted octanol–water partition coefficient (Wildman–Crippen LogP) is 2.37. The zero-order chi connectivity index (χ0) is 13.8. The number of ether oxygens (including phenoxy) is 1. The number of carbonyl (C=O) groups excluding carboxylic acids is 1. The summed E-state index contributed by atoms with van der Waals surface area (Å²) in [5, 5.41) is 3.00. The third-order valence-corrected chi connectivity index (χ3v) is 2.77. The van der Waals surface area contributed by atoms with Crippen molar-refractivity contribution >= 4 is 23.4 Å². The normalized spacial score (nSPS) is 10.3. The second-order valence-electron chi connectivity index (χ2n) is 3.74. The number of aromatic nitrogens is 2. The molecule has 7 heteroatoms. The molecule has 19 heavy (non-hydrogen) atoms. The lowest BCUT2D eigenvalue weighted by Gasteiger charge is -2.04. The molecule has 0 fully saturated rings. The number of anilines is 1. The molecule has 0 spiro atoms. The largest absolute Gasteiger partial charge is 0.453 e. The van der Waals surface area contributed by atoms with Gasteiger partial charge in [0.15, 0.2) is 0 Å². The van der Waals surface area contributed by atoms with Crippen LogP contribution in [0.4, 0.5) is 10.5 Å². The summed E-state index contributed by atoms with van der Waals surface area (Å²) in [4.78, 5) is 18.2. The number of H-pyrrole nitrogens is 1. The Bertz CT molecular complexity index is 580. The number of rotatable bonds is 3. The van der Waals surface area contributed by atoms with Crippen LogP contribution < -0.4 is 11.1 Å². The van der Waals surface area contributed by atoms with Crippen LogP contribution in [0.1, 0.15) is 5.82 Å². The van der Waals surface area contributed by atoms with E-state index in [1.54, 1.807) is 24.3 Å². The fourth-order valence-corrected chi connectivity index (χ4v) is 1.83. The molecule has 1 aromatic carbocycles. The summed E-state index contributed by atoms with van der Waals surface area (Å²) in [6.45, 7) is 0.293. The second kappa shape index (κ2) is 5.73. The lowest BCUT2D eigenvalue weighted by Crippen LogP contribution is -2.10. The number of carbonyl (C=O) groups is 1. The van der Waals surface area contributed by atoms with Gasteiger partial charge in [-0.1, -0.05) is 23.7 Å². The number of hydrogen-bond donors (Lipinski definition) is 3. The predicted molar refractivity (Wildman–Crippen MR) is 73.0 cm³/mol. The SMILES string of the molecule is COC(=O)Nc1ccc(-c2nc(CN)[nH]c2Cl)cc1. The maximum absolute atomic E-state index is 11.0. The van der Waals surface area contributed by atoms with Crippen molar-refractivity contribution in [3.63, 3.8) is 0 Å². The smallest absolute Gasteiger partial charge is 0.411 e. The number of methoxy groups -OCH3 is 1. The van der Waals surface area contributed by atoms with Gasteiger partial charge in [0.2, 0.25) is 0 Å². The summed E-state index contributed by atoms with van der Waals surface area (Å²) in [6.07, 6.45) is -0.518. The van der Waals surface area contributed by atoms with Crippen LogP contribution in [0.15, 0.2) is 24.3 Å². The summed E-state index contributed by atoms with van der Waals surface area (Å²) >= 11 is 6.04. The van der Waals surface area contributed by atoms with E-state index >= 15 is 0 Å². The summed E-state index contributed by atoms with van der Waals surface area (Å²) in [7, 11) is 1.31. The number of amides is 1. The van der Waals surface area contributed by atoms with Crippen LogP contribution in [0.3, 0.4) is 0 Å². The Morgan fingerprint density at radius 1 is 1.47 bits per heavy atom. The first kappa shape index (κ1) is 13.4. The van der Waals surface area contributed by atoms with Gasteiger partial charge in [-0.05, 0) is 12.1 Å². The highest BCUT2D eigenvalue weighted by Crippen LogP contribution is 2.26. The summed E-state index contributed by atoms with van der Waals surface area (Å²) in [6, 6.07) is 7.07. The van der Waals surface area contributed by atoms with Crippen LogP contribution in [0.25, 0.3) is 11.3 Å². The van der Waals surface area contributed by atoms with Crippen molar-refractivity contribution in [2.75, 3.05) is 12.4 Å². The van der Waals surface area contributed by atoms with Crippen molar-refractivity contribution in [2.24, 2.45) is 5.73 Å². The Morgan fingerprint density at radius 3 is 2.68 bits per heavy atom. The highest BCUT2D eigenvalue weighted by Gasteiger charge is 2.10. The molecule has 6 nitrogen and oxygen atoms in total. The lowest BCUT2D eigenvalue weighted by atomic mass is 10.1. The minimum absolute atomic E-state index is 0.293. The molecule has 0 radical (unpaired) electrons. The molecule has 100 valence electrons. The van der Waals surface area contributed by atoms with Gasteiger partial charge in [0.1, 0.15) is 16.7 Å². The zero-order valence-corrected chi connectivity index (χ0v) is 11.0. The average Bonchev–Trinajstić information content (AvgIpc) is 2.81. The minimum Gasteiger partial charge on any atom is -0.453 e. The second-order valence-corrected chi connectivity index (χ2v) is 4.12. The van der Waals surface area contributed by atoms with E-state index in [4.69, 9.17) is 17.3 Å². The first-order valence-electron chi connectivity index (χ1n) is 5.54. The van der Waals surface area contributed by atoms with E-state index in [-0.39, 0.29) is 0 Å². The number of halogens is 1. The molecule has 0 saturated carbocycles. The Kier molecular flexibility index (Phi) is 4.03. The zero-order valence-electron chi connectivity index (χ0n) is 10.2. The van der Waals surface area contributed by atoms with E-state index in [1.165, 1.54) is 7.11 Å². The molecule has 0 saturated heterocycles. The van der Waals surface area contributed by atoms with Crippen LogP contribution in [0.5, 0.6) is 0 Å². The number of hydrogen-bond acceptors (Lipinski definition) is 4. The van der Waals surface area contributed by atoms with Gasteiger partial charge in [0.25, 0.3) is 0 Å². The van der Waals surface area contributed by atoms with E-state index in [0.717, 1.165) is 5.56 Å². The Hall–Kier alpha value is -2.05. The standard InChI is InChI=1S/C12H13ClN4O2/c1-19-12(18)15-8-4-2-7(3-5-8)10-11(13)17-9(6-14)16-10/h2-5H,6,14H2,1H3,(H,15,18)(H,16,17). The van der Waals surface area contributed by atoms with Crippen molar-refractivity contribution in [3.8, 4) is 11.3 Å². The molecule has 0 unspecified atom stereocenters. The Labute approximate surface area is 114 Å². The molecule has 2 rings (SSSR count). The van der Waals surface area contributed by atoms with Gasteiger partial charge in [-0.2, -0.15) is 0 Å². The van der Waals surface area contributed by atoms with Gasteiger partial charge < -0.3 is 15.5 Å². The third-order valence-electron chi connectivity index (χ3n) is 2.49. The molecule has 0 aliphatic carbocycles. The molecule has 1 aromatic heterocycles. The topological polar surface area (TPSA) is 93.0 Å². The van der Waals surface area contributed by atoms with Crippen molar-refractivity contribution in [2.45, 2.75) is 6.54 Å². The molecule has 0 bridgehead atoms. The van der Waals surface area contributed by atoms with Crippen LogP contribution in [-0.2, 0) is 11.3 Å². The van der Waals surface area contributed by atoms with Gasteiger partial charge in [-0.25, -0.2) is 9.78 Å². The number of nitrogens with zero attached hydrogens (tertiary/aromatic N) is 1. The van der Waals surface area contributed by atoms with Crippen LogP contribution in [-0.4, -0.2) is 23.2 Å². The fraction of sp³-hybridized carbons (Fsp3) is 0.167. The average molecular weight is 281 g/mol. The van der Waals surface area contributed by atoms with E-state index in [2.05, 4.69) is 20.0 Å². The highest BCUT2D eigenvalue weighted by atomic mass is 35.5. The van der Waals surface area contributed by atoms with Crippen LogP contribution >= 0.6 is 11.6 Å². The summed E-state index contributed by atoms with van der Waals surface area (Å²) in [5.74, 6) is 0.622. The maximum Gasteiger partial charge on any atom is 0.411 e. The number of aromatic amines is 1. The third kappa shape index (κ3) is 3.04. The van der Waals surface area contributed by atoms with Gasteiger partial charge in [-0.3, -0.25) is 5.32 Å². The first-order valence-corrected chi connectivity index (χ1v) is 5.91. The van der Waals surface area contributed by atoms with E-state index in [9.17, 15) is 4.79 Å². The maximum atomic E-state index is 11.0. The number of benzene rings is 1. The summed E-state index contributed by atoms with van der Waals surface area (Å²) in [5.41, 5.74) is 7.58. The van der Waals surface area contributed by atoms with Crippen molar-refractivity contribution in [1.82, 2.24) is 9.97 Å². The highest BCUT2D eigenvalue weighted by molar-refractivity contribution is 6.31. The molecule has 1 amide bonds. The van der Waals surface area contributed by atoms with Crippen molar-refractivity contribution in [3.05, 3.63) is 35.2 Å². The van der Waals surface area contributed by atoms with Crippen LogP contribution in [0, 0.1) is 0 Å². The van der Waals surface area contributed by atoms with Gasteiger partial charge >= 0.3 is 6.09 Å². The number of nitrogens with one attached hydrogen (secondary N) is 2. The van der Waals surface area contributed by atoms with Gasteiger partial charge in [-0.15, -0.1) is 0 Å². The van der Waals surface area contributed by atoms with Crippen molar-refractivity contribution in [1.29, 1.82) is 0 Å². The molecular weight excluding hydrogens is 268 g/mol. The Morgan fingerprint density at radius 2 is 2.16 bits per heavy atom. The van der Waals surface area contributed by atoms with Crippen LogP contribution in [0.2, 0.25) is 5.15 Å². The number of nitrogens with two attached hydrogens (primary N) is 1. The molecule has 0 aliphatic heterocycles. The fourth-order valence-electron chi connectivity index (χ4n) is 1.57. The molecule has 1 heterocycles. The summed E-state index contributed by atoms with van der Waals surface area (Å²) < 4.78 is 4.50. The van der Waals surface area contributed by atoms with Gasteiger partial charge in [0.05, 0.1) is 13.7 Å². The van der Waals surface area contributed by atoms with E-state index in [0.29, 0.717) is 28.9 Å². The Balaban J connectivity index is 2.22. The quantitative estimate of drug-likeness (QED) is 0.804.